The number of carbonyl (C=O) groups excluding carboxylic acids is 2. The van der Waals surface area contributed by atoms with Gasteiger partial charge in [-0.1, -0.05) is 58.4 Å². The van der Waals surface area contributed by atoms with Gasteiger partial charge in [0.05, 0.1) is 0 Å². The number of piperidine rings is 2. The van der Waals surface area contributed by atoms with Crippen molar-refractivity contribution in [2.24, 2.45) is 5.41 Å². The Kier molecular flexibility index (Phi) is 8.62. The van der Waals surface area contributed by atoms with Crippen molar-refractivity contribution in [3.63, 3.8) is 0 Å². The molecule has 218 valence electrons. The van der Waals surface area contributed by atoms with Crippen LogP contribution in [0.25, 0.3) is 0 Å². The van der Waals surface area contributed by atoms with Crippen LogP contribution in [0.15, 0.2) is 59.1 Å². The second kappa shape index (κ2) is 11.4. The molecule has 2 amide bonds. The summed E-state index contributed by atoms with van der Waals surface area (Å²) in [4.78, 5) is 29.6. The third-order valence-corrected chi connectivity index (χ3v) is 8.65. The van der Waals surface area contributed by atoms with Crippen LogP contribution in [0.5, 0.6) is 0 Å². The first-order valence-electron chi connectivity index (χ1n) is 13.4. The molecule has 0 saturated carbocycles. The highest BCUT2D eigenvalue weighted by Crippen LogP contribution is 2.51. The minimum atomic E-state index is -4.97. The van der Waals surface area contributed by atoms with E-state index in [2.05, 4.69) is 15.9 Å². The number of methoxy groups -OCH3 is 1. The summed E-state index contributed by atoms with van der Waals surface area (Å²) >= 11 is 3.22. The van der Waals surface area contributed by atoms with Crippen molar-refractivity contribution >= 4 is 27.9 Å². The molecule has 2 aromatic rings. The minimum absolute atomic E-state index is 0.0490. The van der Waals surface area contributed by atoms with E-state index in [4.69, 9.17) is 9.47 Å². The van der Waals surface area contributed by atoms with Gasteiger partial charge in [0.15, 0.2) is 0 Å². The lowest BCUT2D eigenvalue weighted by Gasteiger charge is -2.52. The fourth-order valence-corrected chi connectivity index (χ4v) is 6.49. The van der Waals surface area contributed by atoms with Crippen molar-refractivity contribution in [3.05, 3.63) is 70.2 Å². The van der Waals surface area contributed by atoms with E-state index in [1.807, 2.05) is 51.1 Å². The van der Waals surface area contributed by atoms with Crippen LogP contribution in [0.3, 0.4) is 0 Å². The first-order chi connectivity index (χ1) is 18.7. The number of hydrogen-bond donors (Lipinski definition) is 0. The van der Waals surface area contributed by atoms with Crippen LogP contribution in [0.2, 0.25) is 0 Å². The topological polar surface area (TPSA) is 59.1 Å². The monoisotopic (exact) mass is 624 g/mol. The lowest BCUT2D eigenvalue weighted by molar-refractivity contribution is -0.271. The number of carbonyl (C=O) groups is 2. The number of likely N-dealkylation sites (tertiary alicyclic amines) is 2. The number of halogens is 4. The second-order valence-corrected chi connectivity index (χ2v) is 12.6. The van der Waals surface area contributed by atoms with Crippen LogP contribution in [-0.4, -0.2) is 66.9 Å². The number of benzene rings is 2. The highest BCUT2D eigenvalue weighted by molar-refractivity contribution is 9.10. The molecule has 0 radical (unpaired) electrons. The van der Waals surface area contributed by atoms with Crippen molar-refractivity contribution in [2.75, 3.05) is 33.3 Å². The molecule has 2 fully saturated rings. The molecule has 2 saturated heterocycles. The van der Waals surface area contributed by atoms with Gasteiger partial charge >= 0.3 is 12.3 Å². The standard InChI is InChI=1S/C30H36BrF3N2O4/c1-27(2,3)40-26(38)36-18-15-28(24(20-36)21-9-6-5-7-10-21)13-16-35(17-14-28)25(37)29(39-4,30(32,33)34)22-11-8-12-23(31)19-22/h5-12,19,24H,13-18,20H2,1-4H3. The number of hydrogen-bond acceptors (Lipinski definition) is 4. The lowest BCUT2D eigenvalue weighted by Crippen LogP contribution is -2.60. The molecule has 2 heterocycles. The molecule has 2 atom stereocenters. The predicted molar refractivity (Wildman–Crippen MR) is 149 cm³/mol. The third-order valence-electron chi connectivity index (χ3n) is 8.16. The number of alkyl halides is 3. The van der Waals surface area contributed by atoms with Gasteiger partial charge in [0.2, 0.25) is 0 Å². The molecule has 0 bridgehead atoms. The van der Waals surface area contributed by atoms with Crippen LogP contribution < -0.4 is 0 Å². The van der Waals surface area contributed by atoms with E-state index in [0.717, 1.165) is 12.7 Å². The van der Waals surface area contributed by atoms with E-state index in [1.165, 1.54) is 23.1 Å². The van der Waals surface area contributed by atoms with Crippen LogP contribution in [0, 0.1) is 5.41 Å². The van der Waals surface area contributed by atoms with Gasteiger partial charge in [0.1, 0.15) is 5.60 Å². The Labute approximate surface area is 241 Å². The Hall–Kier alpha value is -2.59. The van der Waals surface area contributed by atoms with E-state index in [1.54, 1.807) is 11.0 Å². The molecule has 0 N–H and O–H groups in total. The summed E-state index contributed by atoms with van der Waals surface area (Å²) in [6, 6.07) is 15.5. The molecule has 1 spiro atoms. The van der Waals surface area contributed by atoms with Crippen molar-refractivity contribution < 1.29 is 32.2 Å². The van der Waals surface area contributed by atoms with Gasteiger partial charge in [-0.15, -0.1) is 0 Å². The van der Waals surface area contributed by atoms with Crippen LogP contribution >= 0.6 is 15.9 Å². The molecule has 2 aliphatic heterocycles. The lowest BCUT2D eigenvalue weighted by atomic mass is 9.62. The molecule has 0 aromatic heterocycles. The third kappa shape index (κ3) is 5.88. The molecule has 2 aliphatic rings. The summed E-state index contributed by atoms with van der Waals surface area (Å²) < 4.78 is 55.0. The predicted octanol–water partition coefficient (Wildman–Crippen LogP) is 6.89. The Morgan fingerprint density at radius 3 is 2.05 bits per heavy atom. The van der Waals surface area contributed by atoms with Gasteiger partial charge in [-0.2, -0.15) is 13.2 Å². The van der Waals surface area contributed by atoms with Crippen molar-refractivity contribution in [2.45, 2.75) is 63.3 Å². The molecule has 2 unspecified atom stereocenters. The van der Waals surface area contributed by atoms with Crippen molar-refractivity contribution in [1.29, 1.82) is 0 Å². The number of rotatable bonds is 4. The van der Waals surface area contributed by atoms with E-state index < -0.39 is 23.3 Å². The molecule has 0 aliphatic carbocycles. The van der Waals surface area contributed by atoms with Crippen molar-refractivity contribution in [1.82, 2.24) is 9.80 Å². The Morgan fingerprint density at radius 1 is 0.925 bits per heavy atom. The summed E-state index contributed by atoms with van der Waals surface area (Å²) in [5.74, 6) is -1.16. The Balaban J connectivity index is 1.60. The van der Waals surface area contributed by atoms with Gasteiger partial charge in [-0.3, -0.25) is 4.79 Å². The van der Waals surface area contributed by atoms with Gasteiger partial charge in [-0.05, 0) is 63.1 Å². The summed E-state index contributed by atoms with van der Waals surface area (Å²) in [7, 11) is 0.926. The first kappa shape index (κ1) is 30.4. The largest absolute Gasteiger partial charge is 0.444 e. The SMILES string of the molecule is COC(C(=O)N1CCC2(CCN(C(=O)OC(C)(C)C)CC2c2ccccc2)CC1)(c1cccc(Br)c1)C(F)(F)F. The maximum absolute atomic E-state index is 14.6. The molecule has 6 nitrogen and oxygen atoms in total. The van der Waals surface area contributed by atoms with Crippen LogP contribution in [0.4, 0.5) is 18.0 Å². The zero-order valence-corrected chi connectivity index (χ0v) is 24.8. The zero-order valence-electron chi connectivity index (χ0n) is 23.3. The quantitative estimate of drug-likeness (QED) is 0.372. The maximum atomic E-state index is 14.6. The van der Waals surface area contributed by atoms with Gasteiger partial charge in [0.25, 0.3) is 11.5 Å². The molecular weight excluding hydrogens is 589 g/mol. The number of ether oxygens (including phenoxy) is 2. The van der Waals surface area contributed by atoms with Crippen LogP contribution in [-0.2, 0) is 19.9 Å². The normalized spacial score (nSPS) is 21.1. The summed E-state index contributed by atoms with van der Waals surface area (Å²) in [6.45, 7) is 6.71. The molecule has 2 aromatic carbocycles. The van der Waals surface area contributed by atoms with Gasteiger partial charge in [-0.25, -0.2) is 4.79 Å². The first-order valence-corrected chi connectivity index (χ1v) is 14.2. The number of amides is 2. The highest BCUT2D eigenvalue weighted by Gasteiger charge is 2.64. The number of nitrogens with zero attached hydrogens (tertiary/aromatic N) is 2. The maximum Gasteiger partial charge on any atom is 0.430 e. The molecular formula is C30H36BrF3N2O4. The summed E-state index contributed by atoms with van der Waals surface area (Å²) in [5.41, 5.74) is -3.22. The van der Waals surface area contributed by atoms with E-state index in [9.17, 15) is 22.8 Å². The Morgan fingerprint density at radius 2 is 1.52 bits per heavy atom. The smallest absolute Gasteiger partial charge is 0.430 e. The molecule has 40 heavy (non-hydrogen) atoms. The average Bonchev–Trinajstić information content (AvgIpc) is 2.89. The highest BCUT2D eigenvalue weighted by atomic mass is 79.9. The van der Waals surface area contributed by atoms with E-state index in [-0.39, 0.29) is 36.1 Å². The molecule has 10 heteroatoms. The zero-order chi connectivity index (χ0) is 29.3. The van der Waals surface area contributed by atoms with E-state index in [0.29, 0.717) is 36.8 Å². The van der Waals surface area contributed by atoms with E-state index >= 15 is 0 Å². The Bertz CT molecular complexity index is 1210. The van der Waals surface area contributed by atoms with Crippen LogP contribution in [0.1, 0.15) is 57.1 Å². The molecule has 4 rings (SSSR count). The van der Waals surface area contributed by atoms with Crippen molar-refractivity contribution in [3.8, 4) is 0 Å². The van der Waals surface area contributed by atoms with Gasteiger partial charge < -0.3 is 19.3 Å². The fourth-order valence-electron chi connectivity index (χ4n) is 6.09. The second-order valence-electron chi connectivity index (χ2n) is 11.7. The summed E-state index contributed by atoms with van der Waals surface area (Å²) in [6.07, 6.45) is -3.67. The fraction of sp³-hybridized carbons (Fsp3) is 0.533. The average molecular weight is 626 g/mol. The minimum Gasteiger partial charge on any atom is -0.444 e. The van der Waals surface area contributed by atoms with Gasteiger partial charge in [0, 0.05) is 49.2 Å². The summed E-state index contributed by atoms with van der Waals surface area (Å²) in [5, 5.41) is 0.